The van der Waals surface area contributed by atoms with E-state index in [-0.39, 0.29) is 18.5 Å². The molecule has 2 N–H and O–H groups in total. The van der Waals surface area contributed by atoms with Crippen molar-refractivity contribution in [2.45, 2.75) is 12.8 Å². The van der Waals surface area contributed by atoms with Crippen LogP contribution in [-0.4, -0.2) is 36.3 Å². The maximum Gasteiger partial charge on any atom is 0.312 e. The topological polar surface area (TPSA) is 71.5 Å². The van der Waals surface area contributed by atoms with Crippen LogP contribution in [0.4, 0.5) is 5.82 Å². The Labute approximate surface area is 94.5 Å². The van der Waals surface area contributed by atoms with E-state index in [1.807, 2.05) is 6.07 Å². The Morgan fingerprint density at radius 3 is 2.88 bits per heavy atom. The molecule has 0 aliphatic heterocycles. The number of rotatable bonds is 5. The van der Waals surface area contributed by atoms with E-state index in [1.54, 1.807) is 19.2 Å². The molecule has 5 heteroatoms. The van der Waals surface area contributed by atoms with Gasteiger partial charge in [0, 0.05) is 12.7 Å². The van der Waals surface area contributed by atoms with Gasteiger partial charge in [-0.3, -0.25) is 4.79 Å². The quantitative estimate of drug-likeness (QED) is 0.722. The second-order valence-electron chi connectivity index (χ2n) is 3.37. The standard InChI is InChI=1S/C11H16N2O3/c1-8(11(15)16-2)9-3-4-10(13-7-9)12-5-6-14/h3-4,7-8,14H,5-6H2,1-2H3,(H,12,13). The first kappa shape index (κ1) is 12.4. The molecule has 0 spiro atoms. The van der Waals surface area contributed by atoms with Crippen molar-refractivity contribution in [2.24, 2.45) is 0 Å². The molecule has 1 aromatic heterocycles. The fourth-order valence-electron chi connectivity index (χ4n) is 1.26. The van der Waals surface area contributed by atoms with Crippen LogP contribution >= 0.6 is 0 Å². The van der Waals surface area contributed by atoms with Gasteiger partial charge in [0.1, 0.15) is 5.82 Å². The molecule has 88 valence electrons. The highest BCUT2D eigenvalue weighted by atomic mass is 16.5. The van der Waals surface area contributed by atoms with E-state index >= 15 is 0 Å². The van der Waals surface area contributed by atoms with Gasteiger partial charge in [0.2, 0.25) is 0 Å². The van der Waals surface area contributed by atoms with Crippen molar-refractivity contribution in [2.75, 3.05) is 25.6 Å². The second kappa shape index (κ2) is 6.07. The van der Waals surface area contributed by atoms with Crippen LogP contribution in [0, 0.1) is 0 Å². The Bertz CT molecular complexity index is 338. The van der Waals surface area contributed by atoms with Gasteiger partial charge in [0.25, 0.3) is 0 Å². The van der Waals surface area contributed by atoms with Crippen molar-refractivity contribution >= 4 is 11.8 Å². The second-order valence-corrected chi connectivity index (χ2v) is 3.37. The van der Waals surface area contributed by atoms with Gasteiger partial charge < -0.3 is 15.2 Å². The molecule has 0 amide bonds. The molecule has 1 heterocycles. The number of pyridine rings is 1. The zero-order chi connectivity index (χ0) is 12.0. The van der Waals surface area contributed by atoms with Crippen molar-refractivity contribution in [3.8, 4) is 0 Å². The van der Waals surface area contributed by atoms with Crippen LogP contribution in [-0.2, 0) is 9.53 Å². The summed E-state index contributed by atoms with van der Waals surface area (Å²) in [6, 6.07) is 3.58. The molecule has 1 atom stereocenters. The predicted octanol–water partition coefficient (Wildman–Crippen LogP) is 0.762. The van der Waals surface area contributed by atoms with Gasteiger partial charge in [-0.1, -0.05) is 6.07 Å². The highest BCUT2D eigenvalue weighted by Gasteiger charge is 2.15. The minimum absolute atomic E-state index is 0.0575. The van der Waals surface area contributed by atoms with E-state index in [0.29, 0.717) is 12.4 Å². The molecule has 0 saturated carbocycles. The summed E-state index contributed by atoms with van der Waals surface area (Å²) in [4.78, 5) is 15.4. The lowest BCUT2D eigenvalue weighted by atomic mass is 10.0. The van der Waals surface area contributed by atoms with Gasteiger partial charge in [-0.15, -0.1) is 0 Å². The number of hydrogen-bond donors (Lipinski definition) is 2. The zero-order valence-electron chi connectivity index (χ0n) is 9.43. The maximum atomic E-state index is 11.3. The maximum absolute atomic E-state index is 11.3. The number of nitrogens with one attached hydrogen (secondary N) is 1. The van der Waals surface area contributed by atoms with Gasteiger partial charge in [0.15, 0.2) is 0 Å². The van der Waals surface area contributed by atoms with Crippen LogP contribution < -0.4 is 5.32 Å². The fourth-order valence-corrected chi connectivity index (χ4v) is 1.26. The number of ether oxygens (including phenoxy) is 1. The Kier molecular flexibility index (Phi) is 4.72. The fraction of sp³-hybridized carbons (Fsp3) is 0.455. The highest BCUT2D eigenvalue weighted by Crippen LogP contribution is 2.16. The number of anilines is 1. The van der Waals surface area contributed by atoms with Crippen molar-refractivity contribution in [3.05, 3.63) is 23.9 Å². The molecule has 1 rings (SSSR count). The number of aliphatic hydroxyl groups excluding tert-OH is 1. The SMILES string of the molecule is COC(=O)C(C)c1ccc(NCCO)nc1. The number of carbonyl (C=O) groups is 1. The van der Waals surface area contributed by atoms with E-state index < -0.39 is 0 Å². The lowest BCUT2D eigenvalue weighted by Gasteiger charge is -2.10. The van der Waals surface area contributed by atoms with Gasteiger partial charge in [-0.2, -0.15) is 0 Å². The molecular weight excluding hydrogens is 208 g/mol. The first-order valence-corrected chi connectivity index (χ1v) is 5.07. The third kappa shape index (κ3) is 3.20. The number of carbonyl (C=O) groups excluding carboxylic acids is 1. The van der Waals surface area contributed by atoms with Crippen molar-refractivity contribution in [1.29, 1.82) is 0 Å². The van der Waals surface area contributed by atoms with Crippen LogP contribution in [0.1, 0.15) is 18.4 Å². The van der Waals surface area contributed by atoms with Crippen LogP contribution in [0.15, 0.2) is 18.3 Å². The minimum atomic E-state index is -0.315. The molecule has 16 heavy (non-hydrogen) atoms. The van der Waals surface area contributed by atoms with E-state index in [1.165, 1.54) is 7.11 Å². The summed E-state index contributed by atoms with van der Waals surface area (Å²) in [5.41, 5.74) is 0.807. The summed E-state index contributed by atoms with van der Waals surface area (Å²) in [7, 11) is 1.36. The first-order chi connectivity index (χ1) is 7.69. The molecule has 0 radical (unpaired) electrons. The number of hydrogen-bond acceptors (Lipinski definition) is 5. The summed E-state index contributed by atoms with van der Waals surface area (Å²) >= 11 is 0. The van der Waals surface area contributed by atoms with Crippen molar-refractivity contribution < 1.29 is 14.6 Å². The van der Waals surface area contributed by atoms with Crippen molar-refractivity contribution in [1.82, 2.24) is 4.98 Å². The molecular formula is C11H16N2O3. The van der Waals surface area contributed by atoms with E-state index in [4.69, 9.17) is 5.11 Å². The van der Waals surface area contributed by atoms with Crippen LogP contribution in [0.25, 0.3) is 0 Å². The van der Waals surface area contributed by atoms with Gasteiger partial charge in [0.05, 0.1) is 19.6 Å². The molecule has 1 aromatic rings. The first-order valence-electron chi connectivity index (χ1n) is 5.07. The Morgan fingerprint density at radius 1 is 1.62 bits per heavy atom. The molecule has 1 unspecified atom stereocenters. The number of esters is 1. The summed E-state index contributed by atoms with van der Waals surface area (Å²) in [6.45, 7) is 2.28. The van der Waals surface area contributed by atoms with Crippen LogP contribution in [0.2, 0.25) is 0 Å². The average Bonchev–Trinajstić information content (AvgIpc) is 2.35. The summed E-state index contributed by atoms with van der Waals surface area (Å²) in [6.07, 6.45) is 1.63. The molecule has 0 aliphatic carbocycles. The van der Waals surface area contributed by atoms with Gasteiger partial charge in [-0.05, 0) is 18.6 Å². The van der Waals surface area contributed by atoms with Gasteiger partial charge in [-0.25, -0.2) is 4.98 Å². The van der Waals surface area contributed by atoms with E-state index in [0.717, 1.165) is 5.56 Å². The highest BCUT2D eigenvalue weighted by molar-refractivity contribution is 5.77. The van der Waals surface area contributed by atoms with Crippen molar-refractivity contribution in [3.63, 3.8) is 0 Å². The lowest BCUT2D eigenvalue weighted by molar-refractivity contribution is -0.142. The monoisotopic (exact) mass is 224 g/mol. The normalized spacial score (nSPS) is 11.9. The number of nitrogens with zero attached hydrogens (tertiary/aromatic N) is 1. The minimum Gasteiger partial charge on any atom is -0.469 e. The summed E-state index contributed by atoms with van der Waals surface area (Å²) in [5, 5.41) is 11.6. The molecule has 0 bridgehead atoms. The van der Waals surface area contributed by atoms with E-state index in [2.05, 4.69) is 15.0 Å². The molecule has 0 fully saturated rings. The summed E-state index contributed by atoms with van der Waals surface area (Å²) in [5.74, 6) is 0.0807. The van der Waals surface area contributed by atoms with E-state index in [9.17, 15) is 4.79 Å². The van der Waals surface area contributed by atoms with Crippen LogP contribution in [0.3, 0.4) is 0 Å². The molecule has 5 nitrogen and oxygen atoms in total. The molecule has 0 aromatic carbocycles. The van der Waals surface area contributed by atoms with Gasteiger partial charge >= 0.3 is 5.97 Å². The third-order valence-corrected chi connectivity index (χ3v) is 2.26. The average molecular weight is 224 g/mol. The number of aromatic nitrogens is 1. The summed E-state index contributed by atoms with van der Waals surface area (Å²) < 4.78 is 4.65. The number of aliphatic hydroxyl groups is 1. The number of methoxy groups -OCH3 is 1. The predicted molar refractivity (Wildman–Crippen MR) is 60.2 cm³/mol. The molecule has 0 aliphatic rings. The lowest BCUT2D eigenvalue weighted by Crippen LogP contribution is -2.12. The Balaban J connectivity index is 2.67. The molecule has 0 saturated heterocycles. The Hall–Kier alpha value is -1.62. The zero-order valence-corrected chi connectivity index (χ0v) is 9.43. The van der Waals surface area contributed by atoms with Crippen LogP contribution in [0.5, 0.6) is 0 Å². The smallest absolute Gasteiger partial charge is 0.312 e. The largest absolute Gasteiger partial charge is 0.469 e. The third-order valence-electron chi connectivity index (χ3n) is 2.26. The Morgan fingerprint density at radius 2 is 2.38 bits per heavy atom.